The van der Waals surface area contributed by atoms with Crippen molar-refractivity contribution in [2.24, 2.45) is 10.7 Å². The molecule has 0 aliphatic heterocycles. The van der Waals surface area contributed by atoms with Crippen LogP contribution in [0.15, 0.2) is 83.9 Å². The molecule has 4 rings (SSSR count). The normalized spacial score (nSPS) is 11.3. The maximum atomic E-state index is 6.08. The summed E-state index contributed by atoms with van der Waals surface area (Å²) in [7, 11) is 0. The Morgan fingerprint density at radius 2 is 1.80 bits per heavy atom. The molecule has 0 atom stereocenters. The summed E-state index contributed by atoms with van der Waals surface area (Å²) in [4.78, 5) is 8.80. The summed E-state index contributed by atoms with van der Waals surface area (Å²) in [5.41, 5.74) is 8.83. The molecule has 0 unspecified atom stereocenters. The molecule has 3 aromatic carbocycles. The van der Waals surface area contributed by atoms with Gasteiger partial charge in [-0.3, -0.25) is 5.10 Å². The van der Waals surface area contributed by atoms with Crippen LogP contribution < -0.4 is 15.8 Å². The zero-order valence-electron chi connectivity index (χ0n) is 16.5. The first-order valence-corrected chi connectivity index (χ1v) is 9.54. The van der Waals surface area contributed by atoms with Crippen LogP contribution >= 0.6 is 0 Å². The highest BCUT2D eigenvalue weighted by Crippen LogP contribution is 2.23. The second-order valence-electron chi connectivity index (χ2n) is 6.71. The van der Waals surface area contributed by atoms with Crippen LogP contribution in [0.3, 0.4) is 0 Å². The van der Waals surface area contributed by atoms with Gasteiger partial charge in [-0.25, -0.2) is 9.98 Å². The number of para-hydroxylation sites is 1. The fraction of sp³-hybridized carbons (Fsp3) is 0.0870. The van der Waals surface area contributed by atoms with Crippen molar-refractivity contribution in [1.29, 1.82) is 0 Å². The van der Waals surface area contributed by atoms with Crippen molar-refractivity contribution in [3.63, 3.8) is 0 Å². The number of H-pyrrole nitrogens is 1. The molecule has 30 heavy (non-hydrogen) atoms. The smallest absolute Gasteiger partial charge is 0.193 e. The molecular weight excluding hydrogens is 376 g/mol. The van der Waals surface area contributed by atoms with Gasteiger partial charge in [0.1, 0.15) is 17.3 Å². The third-order valence-electron chi connectivity index (χ3n) is 4.30. The monoisotopic (exact) mass is 398 g/mol. The lowest BCUT2D eigenvalue weighted by Gasteiger charge is -2.09. The molecule has 4 N–H and O–H groups in total. The number of rotatable bonds is 6. The number of nitrogens with two attached hydrogens (primary N) is 1. The summed E-state index contributed by atoms with van der Waals surface area (Å²) in [6.07, 6.45) is 0. The van der Waals surface area contributed by atoms with Crippen molar-refractivity contribution in [2.45, 2.75) is 13.5 Å². The highest BCUT2D eigenvalue weighted by atomic mass is 16.5. The summed E-state index contributed by atoms with van der Waals surface area (Å²) < 4.78 is 5.85. The minimum atomic E-state index is 0.325. The molecule has 7 heteroatoms. The Bertz CT molecular complexity index is 1150. The molecule has 0 spiro atoms. The largest absolute Gasteiger partial charge is 0.457 e. The summed E-state index contributed by atoms with van der Waals surface area (Å²) in [6.45, 7) is 2.31. The Balaban J connectivity index is 1.41. The van der Waals surface area contributed by atoms with Crippen molar-refractivity contribution in [1.82, 2.24) is 15.2 Å². The minimum absolute atomic E-state index is 0.325. The van der Waals surface area contributed by atoms with E-state index in [-0.39, 0.29) is 0 Å². The first-order valence-electron chi connectivity index (χ1n) is 9.54. The number of aromatic nitrogens is 3. The van der Waals surface area contributed by atoms with Crippen LogP contribution in [-0.2, 0) is 6.54 Å². The SMILES string of the molecule is Cc1nc(-c2cccc(CN=C(N)Nc3cccc(Oc4ccccc4)c3)c2)n[nH]1. The van der Waals surface area contributed by atoms with Gasteiger partial charge in [0.25, 0.3) is 0 Å². The van der Waals surface area contributed by atoms with E-state index in [1.807, 2.05) is 85.8 Å². The van der Waals surface area contributed by atoms with E-state index in [4.69, 9.17) is 10.5 Å². The minimum Gasteiger partial charge on any atom is -0.457 e. The van der Waals surface area contributed by atoms with Gasteiger partial charge in [-0.05, 0) is 42.8 Å². The molecule has 0 aliphatic rings. The van der Waals surface area contributed by atoms with Gasteiger partial charge in [0.15, 0.2) is 11.8 Å². The predicted octanol–water partition coefficient (Wildman–Crippen LogP) is 4.50. The van der Waals surface area contributed by atoms with Crippen molar-refractivity contribution < 1.29 is 4.74 Å². The van der Waals surface area contributed by atoms with Crippen LogP contribution in [0.5, 0.6) is 11.5 Å². The molecule has 150 valence electrons. The quantitative estimate of drug-likeness (QED) is 0.328. The van der Waals surface area contributed by atoms with Crippen molar-refractivity contribution in [3.8, 4) is 22.9 Å². The molecule has 7 nitrogen and oxygen atoms in total. The number of aliphatic imine (C=N–C) groups is 1. The van der Waals surface area contributed by atoms with E-state index >= 15 is 0 Å². The first-order chi connectivity index (χ1) is 14.7. The summed E-state index contributed by atoms with van der Waals surface area (Å²) in [5, 5.41) is 10.2. The maximum Gasteiger partial charge on any atom is 0.193 e. The van der Waals surface area contributed by atoms with Crippen LogP contribution in [0.25, 0.3) is 11.4 Å². The molecule has 4 aromatic rings. The Hall–Kier alpha value is -4.13. The van der Waals surface area contributed by atoms with Gasteiger partial charge in [0.2, 0.25) is 0 Å². The highest BCUT2D eigenvalue weighted by Gasteiger charge is 2.05. The van der Waals surface area contributed by atoms with E-state index in [0.29, 0.717) is 24.1 Å². The predicted molar refractivity (Wildman–Crippen MR) is 118 cm³/mol. The number of hydrogen-bond donors (Lipinski definition) is 3. The number of benzene rings is 3. The van der Waals surface area contributed by atoms with Gasteiger partial charge in [0.05, 0.1) is 6.54 Å². The molecule has 0 saturated heterocycles. The molecule has 0 amide bonds. The third-order valence-corrected chi connectivity index (χ3v) is 4.30. The topological polar surface area (TPSA) is 101 Å². The van der Waals surface area contributed by atoms with E-state index in [1.165, 1.54) is 0 Å². The number of aromatic amines is 1. The second kappa shape index (κ2) is 8.91. The average Bonchev–Trinajstić information content (AvgIpc) is 3.20. The van der Waals surface area contributed by atoms with E-state index < -0.39 is 0 Å². The Kier molecular flexibility index (Phi) is 5.70. The van der Waals surface area contributed by atoms with Gasteiger partial charge < -0.3 is 15.8 Å². The lowest BCUT2D eigenvalue weighted by molar-refractivity contribution is 0.483. The maximum absolute atomic E-state index is 6.08. The fourth-order valence-electron chi connectivity index (χ4n) is 2.91. The van der Waals surface area contributed by atoms with Crippen LogP contribution in [0.2, 0.25) is 0 Å². The number of aryl methyl sites for hydroxylation is 1. The van der Waals surface area contributed by atoms with Crippen LogP contribution in [0.4, 0.5) is 5.69 Å². The van der Waals surface area contributed by atoms with Gasteiger partial charge in [0, 0.05) is 17.3 Å². The molecule has 0 radical (unpaired) electrons. The molecule has 0 aliphatic carbocycles. The van der Waals surface area contributed by atoms with E-state index in [0.717, 1.165) is 28.4 Å². The van der Waals surface area contributed by atoms with E-state index in [9.17, 15) is 0 Å². The number of guanidine groups is 1. The van der Waals surface area contributed by atoms with Crippen molar-refractivity contribution in [3.05, 3.63) is 90.3 Å². The average molecular weight is 398 g/mol. The first kappa shape index (κ1) is 19.2. The Morgan fingerprint density at radius 3 is 2.60 bits per heavy atom. The molecule has 0 saturated carbocycles. The molecule has 1 heterocycles. The zero-order valence-corrected chi connectivity index (χ0v) is 16.5. The highest BCUT2D eigenvalue weighted by molar-refractivity contribution is 5.92. The lowest BCUT2D eigenvalue weighted by Crippen LogP contribution is -2.22. The van der Waals surface area contributed by atoms with E-state index in [1.54, 1.807) is 0 Å². The van der Waals surface area contributed by atoms with Crippen LogP contribution in [0.1, 0.15) is 11.4 Å². The van der Waals surface area contributed by atoms with E-state index in [2.05, 4.69) is 25.5 Å². The Labute approximate surface area is 174 Å². The lowest BCUT2D eigenvalue weighted by atomic mass is 10.1. The van der Waals surface area contributed by atoms with Gasteiger partial charge in [-0.15, -0.1) is 0 Å². The van der Waals surface area contributed by atoms with Crippen molar-refractivity contribution in [2.75, 3.05) is 5.32 Å². The number of nitrogens with one attached hydrogen (secondary N) is 2. The standard InChI is InChI=1S/C23H22N6O/c1-16-26-22(29-28-16)18-8-5-7-17(13-18)15-25-23(24)27-19-9-6-12-21(14-19)30-20-10-3-2-4-11-20/h2-14H,15H2,1H3,(H3,24,25,27)(H,26,28,29). The number of hydrogen-bond acceptors (Lipinski definition) is 4. The number of nitrogens with zero attached hydrogens (tertiary/aromatic N) is 3. The molecule has 1 aromatic heterocycles. The summed E-state index contributed by atoms with van der Waals surface area (Å²) in [5.74, 6) is 3.26. The van der Waals surface area contributed by atoms with Gasteiger partial charge >= 0.3 is 0 Å². The third kappa shape index (κ3) is 5.02. The summed E-state index contributed by atoms with van der Waals surface area (Å²) >= 11 is 0. The Morgan fingerprint density at radius 1 is 1.00 bits per heavy atom. The van der Waals surface area contributed by atoms with Gasteiger partial charge in [-0.1, -0.05) is 42.5 Å². The van der Waals surface area contributed by atoms with Gasteiger partial charge in [-0.2, -0.15) is 5.10 Å². The molecule has 0 fully saturated rings. The summed E-state index contributed by atoms with van der Waals surface area (Å²) in [6, 6.07) is 25.1. The number of anilines is 1. The molecule has 0 bridgehead atoms. The van der Waals surface area contributed by atoms with Crippen LogP contribution in [-0.4, -0.2) is 21.1 Å². The molecular formula is C23H22N6O. The fourth-order valence-corrected chi connectivity index (χ4v) is 2.91. The number of ether oxygens (including phenoxy) is 1. The van der Waals surface area contributed by atoms with Crippen LogP contribution in [0, 0.1) is 6.92 Å². The zero-order chi connectivity index (χ0) is 20.8. The van der Waals surface area contributed by atoms with Crippen molar-refractivity contribution >= 4 is 11.6 Å². The second-order valence-corrected chi connectivity index (χ2v) is 6.71.